The number of nitrogens with zero attached hydrogens (tertiary/aromatic N) is 4. The minimum atomic E-state index is -0.704. The average Bonchev–Trinajstić information content (AvgIpc) is 3.41. The van der Waals surface area contributed by atoms with Crippen LogP contribution in [0.5, 0.6) is 17.2 Å². The van der Waals surface area contributed by atoms with E-state index in [2.05, 4.69) is 10.2 Å². The van der Waals surface area contributed by atoms with Gasteiger partial charge in [0.25, 0.3) is 0 Å². The summed E-state index contributed by atoms with van der Waals surface area (Å²) < 4.78 is 10.6. The molecule has 11 heteroatoms. The first-order chi connectivity index (χ1) is 25.0. The topological polar surface area (TPSA) is 138 Å². The molecule has 0 aromatic heterocycles. The number of carbonyl (C=O) groups excluding carboxylic acids is 4. The van der Waals surface area contributed by atoms with E-state index in [4.69, 9.17) is 9.47 Å². The van der Waals surface area contributed by atoms with Gasteiger partial charge in [-0.15, -0.1) is 0 Å². The molecule has 0 radical (unpaired) electrons. The maximum absolute atomic E-state index is 14.3. The molecule has 2 amide bonds. The number of phenolic OH excluding ortho intramolecular Hbond substituents is 1. The van der Waals surface area contributed by atoms with Crippen molar-refractivity contribution in [2.75, 3.05) is 38.1 Å². The average molecular weight is 699 g/mol. The van der Waals surface area contributed by atoms with E-state index in [-0.39, 0.29) is 47.1 Å². The molecule has 3 aromatic carbocycles. The maximum atomic E-state index is 14.3. The lowest BCUT2D eigenvalue weighted by Gasteiger charge is -2.41. The largest absolute Gasteiger partial charge is 0.502 e. The molecule has 1 heterocycles. The monoisotopic (exact) mass is 698 g/mol. The van der Waals surface area contributed by atoms with Gasteiger partial charge in [0.1, 0.15) is 0 Å². The number of rotatable bonds is 8. The normalized spacial score (nSPS) is 22.8. The van der Waals surface area contributed by atoms with Gasteiger partial charge in [-0.05, 0) is 98.0 Å². The highest BCUT2D eigenvalue weighted by Crippen LogP contribution is 2.53. The molecular weight excluding hydrogens is 660 g/mol. The van der Waals surface area contributed by atoms with Crippen molar-refractivity contribution in [1.82, 2.24) is 0 Å². The summed E-state index contributed by atoms with van der Waals surface area (Å²) in [6.07, 6.45) is 7.46. The second-order valence-electron chi connectivity index (χ2n) is 13.5. The molecule has 4 unspecified atom stereocenters. The highest BCUT2D eigenvalue weighted by Gasteiger charge is 2.56. The zero-order valence-electron chi connectivity index (χ0n) is 29.5. The summed E-state index contributed by atoms with van der Waals surface area (Å²) in [6.45, 7) is 1.62. The summed E-state index contributed by atoms with van der Waals surface area (Å²) in [5.74, 6) is -3.20. The summed E-state index contributed by atoms with van der Waals surface area (Å²) in [5.41, 5.74) is 5.32. The van der Waals surface area contributed by atoms with Crippen LogP contribution < -0.4 is 19.3 Å². The van der Waals surface area contributed by atoms with Gasteiger partial charge in [-0.2, -0.15) is 10.2 Å². The molecule has 52 heavy (non-hydrogen) atoms. The van der Waals surface area contributed by atoms with Crippen molar-refractivity contribution < 1.29 is 33.8 Å². The fourth-order valence-electron chi connectivity index (χ4n) is 7.73. The molecular formula is C41H38N4O7. The van der Waals surface area contributed by atoms with Crippen LogP contribution in [0.1, 0.15) is 25.3 Å². The number of ketones is 2. The number of azo groups is 1. The molecule has 3 aromatic rings. The first kappa shape index (κ1) is 34.4. The predicted molar refractivity (Wildman–Crippen MR) is 196 cm³/mol. The van der Waals surface area contributed by atoms with Crippen molar-refractivity contribution in [3.8, 4) is 17.2 Å². The van der Waals surface area contributed by atoms with Crippen molar-refractivity contribution in [2.45, 2.75) is 19.8 Å². The zero-order valence-corrected chi connectivity index (χ0v) is 29.5. The van der Waals surface area contributed by atoms with Crippen LogP contribution >= 0.6 is 0 Å². The van der Waals surface area contributed by atoms with Crippen LogP contribution in [0.25, 0.3) is 6.08 Å². The number of aromatic hydroxyl groups is 1. The lowest BCUT2D eigenvalue weighted by atomic mass is 9.60. The van der Waals surface area contributed by atoms with Crippen LogP contribution in [0.15, 0.2) is 111 Å². The highest BCUT2D eigenvalue weighted by atomic mass is 16.5. The van der Waals surface area contributed by atoms with Gasteiger partial charge < -0.3 is 19.5 Å². The van der Waals surface area contributed by atoms with Crippen molar-refractivity contribution in [2.24, 2.45) is 33.9 Å². The van der Waals surface area contributed by atoms with E-state index < -0.39 is 23.7 Å². The van der Waals surface area contributed by atoms with E-state index >= 15 is 0 Å². The smallest absolute Gasteiger partial charge is 0.238 e. The van der Waals surface area contributed by atoms with Crippen LogP contribution in [-0.2, 0) is 19.2 Å². The second kappa shape index (κ2) is 13.6. The number of allylic oxidation sites excluding steroid dienone is 7. The van der Waals surface area contributed by atoms with Crippen LogP contribution in [0.4, 0.5) is 22.7 Å². The fourth-order valence-corrected chi connectivity index (χ4v) is 7.73. The molecule has 1 fully saturated rings. The Hall–Kier alpha value is -6.10. The summed E-state index contributed by atoms with van der Waals surface area (Å²) in [5, 5.41) is 19.1. The number of benzene rings is 3. The molecule has 7 rings (SSSR count). The lowest BCUT2D eigenvalue weighted by Crippen LogP contribution is -2.40. The molecule has 11 nitrogen and oxygen atoms in total. The first-order valence-electron chi connectivity index (χ1n) is 17.0. The highest BCUT2D eigenvalue weighted by molar-refractivity contribution is 6.24. The number of hydrogen-bond donors (Lipinski definition) is 1. The molecule has 1 saturated heterocycles. The number of ether oxygens (including phenoxy) is 2. The number of carbonyl (C=O) groups is 4. The lowest BCUT2D eigenvalue weighted by molar-refractivity contribution is -0.123. The predicted octanol–water partition coefficient (Wildman–Crippen LogP) is 7.07. The standard InChI is InChI=1S/C41H38N4O7/c1-22-18-33(46)36-29(15-6-23-19-34(51-4)39(48)35(20-23)52-5)28-16-17-30-37(31(28)21-32(36)38(22)47)41(50)45(40(30)49)27-13-9-25(10-14-27)43-42-24-7-11-26(12-8-24)44(2)3/h6-16,18-20,29-31,37,48H,17,21H2,1-5H3. The molecule has 4 atom stereocenters. The van der Waals surface area contributed by atoms with Crippen LogP contribution in [0.3, 0.4) is 0 Å². The number of hydrogen-bond acceptors (Lipinski definition) is 10. The SMILES string of the molecule is COc1cc(C=CC2C3=CCC4C(=O)N(c5ccc(N=Nc6ccc(N(C)C)cc6)cc5)C(=O)C4C3CC3=C2C(=O)C=C(C)C3=O)cc(OC)c1O. The number of Topliss-reactive ketones (excluding diaryl/α,β-unsaturated/α-hetero) is 1. The van der Waals surface area contributed by atoms with E-state index in [1.807, 2.05) is 55.4 Å². The summed E-state index contributed by atoms with van der Waals surface area (Å²) >= 11 is 0. The zero-order chi connectivity index (χ0) is 36.8. The number of amides is 2. The summed E-state index contributed by atoms with van der Waals surface area (Å²) in [6, 6.07) is 17.7. The number of anilines is 2. The second-order valence-corrected chi connectivity index (χ2v) is 13.5. The number of fused-ring (bicyclic) bond motifs is 3. The van der Waals surface area contributed by atoms with E-state index in [1.165, 1.54) is 25.2 Å². The molecule has 1 aliphatic heterocycles. The third-order valence-corrected chi connectivity index (χ3v) is 10.3. The molecule has 1 N–H and O–H groups in total. The number of methoxy groups -OCH3 is 2. The minimum absolute atomic E-state index is 0.140. The van der Waals surface area contributed by atoms with E-state index in [1.54, 1.807) is 49.4 Å². The van der Waals surface area contributed by atoms with Gasteiger partial charge in [-0.25, -0.2) is 0 Å². The van der Waals surface area contributed by atoms with Gasteiger partial charge in [-0.3, -0.25) is 24.1 Å². The van der Waals surface area contributed by atoms with Crippen LogP contribution in [0, 0.1) is 23.7 Å². The minimum Gasteiger partial charge on any atom is -0.502 e. The van der Waals surface area contributed by atoms with Gasteiger partial charge in [0, 0.05) is 42.4 Å². The Labute approximate surface area is 301 Å². The van der Waals surface area contributed by atoms with Gasteiger partial charge in [0.05, 0.1) is 43.1 Å². The van der Waals surface area contributed by atoms with Gasteiger partial charge >= 0.3 is 0 Å². The van der Waals surface area contributed by atoms with Crippen molar-refractivity contribution in [1.29, 1.82) is 0 Å². The number of phenols is 1. The molecule has 0 saturated carbocycles. The van der Waals surface area contributed by atoms with Crippen molar-refractivity contribution >= 4 is 52.2 Å². The molecule has 264 valence electrons. The van der Waals surface area contributed by atoms with Gasteiger partial charge in [0.15, 0.2) is 23.1 Å². The van der Waals surface area contributed by atoms with E-state index in [0.29, 0.717) is 45.8 Å². The third-order valence-electron chi connectivity index (χ3n) is 10.3. The molecule has 3 aliphatic carbocycles. The Balaban J connectivity index is 1.18. The Morgan fingerprint density at radius 2 is 1.48 bits per heavy atom. The van der Waals surface area contributed by atoms with Gasteiger partial charge in [-0.1, -0.05) is 23.8 Å². The van der Waals surface area contributed by atoms with E-state index in [9.17, 15) is 24.3 Å². The Bertz CT molecular complexity index is 2130. The molecule has 0 bridgehead atoms. The van der Waals surface area contributed by atoms with Crippen LogP contribution in [-0.4, -0.2) is 56.8 Å². The third kappa shape index (κ3) is 5.91. The van der Waals surface area contributed by atoms with Crippen molar-refractivity contribution in [3.63, 3.8) is 0 Å². The Kier molecular flexibility index (Phi) is 8.95. The quantitative estimate of drug-likeness (QED) is 0.114. The molecule has 0 spiro atoms. The molecule has 4 aliphatic rings. The van der Waals surface area contributed by atoms with Crippen molar-refractivity contribution in [3.05, 3.63) is 107 Å². The first-order valence-corrected chi connectivity index (χ1v) is 17.0. The summed E-state index contributed by atoms with van der Waals surface area (Å²) in [7, 11) is 6.80. The maximum Gasteiger partial charge on any atom is 0.238 e. The Morgan fingerprint density at radius 3 is 2.08 bits per heavy atom. The van der Waals surface area contributed by atoms with E-state index in [0.717, 1.165) is 11.3 Å². The van der Waals surface area contributed by atoms with Gasteiger partial charge in [0.2, 0.25) is 17.6 Å². The number of imide groups is 1. The Morgan fingerprint density at radius 1 is 0.865 bits per heavy atom. The fraction of sp³-hybridized carbons (Fsp3) is 0.268. The summed E-state index contributed by atoms with van der Waals surface area (Å²) in [4.78, 5) is 58.6. The van der Waals surface area contributed by atoms with Crippen LogP contribution in [0.2, 0.25) is 0 Å².